The van der Waals surface area contributed by atoms with Gasteiger partial charge in [-0.1, -0.05) is 37.3 Å². The van der Waals surface area contributed by atoms with Crippen LogP contribution in [0.2, 0.25) is 0 Å². The third-order valence-corrected chi connectivity index (χ3v) is 3.96. The normalized spacial score (nSPS) is 11.9. The summed E-state index contributed by atoms with van der Waals surface area (Å²) in [5.41, 5.74) is 3.47. The molecule has 0 heterocycles. The second-order valence-corrected chi connectivity index (χ2v) is 6.52. The number of nitrogens with one attached hydrogen (secondary N) is 2. The van der Waals surface area contributed by atoms with Gasteiger partial charge in [-0.3, -0.25) is 0 Å². The third-order valence-electron chi connectivity index (χ3n) is 3.74. The zero-order valence-corrected chi connectivity index (χ0v) is 15.6. The van der Waals surface area contributed by atoms with Crippen LogP contribution in [0.1, 0.15) is 44.4 Å². The van der Waals surface area contributed by atoms with E-state index in [1.807, 2.05) is 38.1 Å². The summed E-state index contributed by atoms with van der Waals surface area (Å²) < 4.78 is 5.72. The Kier molecular flexibility index (Phi) is 6.62. The summed E-state index contributed by atoms with van der Waals surface area (Å²) in [6.07, 6.45) is 1.11. The van der Waals surface area contributed by atoms with E-state index in [9.17, 15) is 0 Å². The number of ether oxygens (including phenoxy) is 1. The first-order valence-corrected chi connectivity index (χ1v) is 8.80. The molecule has 0 spiro atoms. The molecule has 0 radical (unpaired) electrons. The fraction of sp³-hybridized carbons (Fsp3) is 0.350. The first-order valence-electron chi connectivity index (χ1n) is 8.39. The maximum absolute atomic E-state index is 5.72. The Morgan fingerprint density at radius 3 is 2.54 bits per heavy atom. The van der Waals surface area contributed by atoms with Gasteiger partial charge in [-0.15, -0.1) is 0 Å². The van der Waals surface area contributed by atoms with Crippen molar-refractivity contribution in [2.45, 2.75) is 46.3 Å². The molecule has 2 N–H and O–H groups in total. The molecular weight excluding hydrogens is 316 g/mol. The minimum absolute atomic E-state index is 0.149. The number of aryl methyl sites for hydroxylation is 1. The van der Waals surface area contributed by atoms with E-state index >= 15 is 0 Å². The first-order chi connectivity index (χ1) is 11.5. The van der Waals surface area contributed by atoms with Crippen LogP contribution < -0.4 is 15.4 Å². The average molecular weight is 343 g/mol. The standard InChI is InChI=1S/C20H26N2OS/c1-5-19(18-12-7-6-9-15(18)4)22-20(24)21-16-10-8-11-17(13-16)23-14(2)3/h6-14,19H,5H2,1-4H3,(H2,21,22,24). The first kappa shape index (κ1) is 18.3. The monoisotopic (exact) mass is 342 g/mol. The van der Waals surface area contributed by atoms with Crippen molar-refractivity contribution in [3.05, 3.63) is 59.7 Å². The van der Waals surface area contributed by atoms with E-state index in [1.165, 1.54) is 11.1 Å². The van der Waals surface area contributed by atoms with Crippen LogP contribution in [0, 0.1) is 6.92 Å². The molecule has 2 rings (SSSR count). The number of hydrogen-bond donors (Lipinski definition) is 2. The van der Waals surface area contributed by atoms with Crippen LogP contribution in [-0.4, -0.2) is 11.2 Å². The van der Waals surface area contributed by atoms with Crippen molar-refractivity contribution in [3.63, 3.8) is 0 Å². The van der Waals surface area contributed by atoms with Gasteiger partial charge in [-0.25, -0.2) is 0 Å². The van der Waals surface area contributed by atoms with Crippen LogP contribution in [0.4, 0.5) is 5.69 Å². The fourth-order valence-corrected chi connectivity index (χ4v) is 2.88. The van der Waals surface area contributed by atoms with E-state index in [4.69, 9.17) is 17.0 Å². The maximum atomic E-state index is 5.72. The van der Waals surface area contributed by atoms with Crippen molar-refractivity contribution >= 4 is 23.0 Å². The summed E-state index contributed by atoms with van der Waals surface area (Å²) in [6, 6.07) is 16.4. The van der Waals surface area contributed by atoms with Crippen molar-refractivity contribution in [2.24, 2.45) is 0 Å². The lowest BCUT2D eigenvalue weighted by atomic mass is 10.00. The number of thiocarbonyl (C=S) groups is 1. The molecular formula is C20H26N2OS. The van der Waals surface area contributed by atoms with Crippen LogP contribution in [-0.2, 0) is 0 Å². The molecule has 0 fully saturated rings. The summed E-state index contributed by atoms with van der Waals surface area (Å²) in [6.45, 7) is 8.31. The fourth-order valence-electron chi connectivity index (χ4n) is 2.62. The van der Waals surface area contributed by atoms with Gasteiger partial charge >= 0.3 is 0 Å². The SMILES string of the molecule is CCC(NC(=S)Nc1cccc(OC(C)C)c1)c1ccccc1C. The Morgan fingerprint density at radius 2 is 1.88 bits per heavy atom. The van der Waals surface area contributed by atoms with Gasteiger partial charge in [0.15, 0.2) is 5.11 Å². The summed E-state index contributed by atoms with van der Waals surface area (Å²) in [5, 5.41) is 7.28. The molecule has 128 valence electrons. The van der Waals surface area contributed by atoms with E-state index in [-0.39, 0.29) is 12.1 Å². The lowest BCUT2D eigenvalue weighted by molar-refractivity contribution is 0.242. The van der Waals surface area contributed by atoms with Gasteiger partial charge in [0.05, 0.1) is 12.1 Å². The molecule has 1 unspecified atom stereocenters. The zero-order valence-electron chi connectivity index (χ0n) is 14.8. The second kappa shape index (κ2) is 8.69. The molecule has 0 amide bonds. The lowest BCUT2D eigenvalue weighted by Gasteiger charge is -2.22. The van der Waals surface area contributed by atoms with E-state index in [0.29, 0.717) is 5.11 Å². The molecule has 2 aromatic rings. The van der Waals surface area contributed by atoms with E-state index in [2.05, 4.69) is 48.7 Å². The molecule has 4 heteroatoms. The largest absolute Gasteiger partial charge is 0.491 e. The second-order valence-electron chi connectivity index (χ2n) is 6.11. The van der Waals surface area contributed by atoms with Crippen molar-refractivity contribution in [3.8, 4) is 5.75 Å². The van der Waals surface area contributed by atoms with Crippen LogP contribution >= 0.6 is 12.2 Å². The Morgan fingerprint density at radius 1 is 1.12 bits per heavy atom. The molecule has 0 saturated carbocycles. The van der Waals surface area contributed by atoms with Crippen molar-refractivity contribution in [1.29, 1.82) is 0 Å². The Hall–Kier alpha value is -2.07. The molecule has 0 aliphatic carbocycles. The summed E-state index contributed by atoms with van der Waals surface area (Å²) in [7, 11) is 0. The quantitative estimate of drug-likeness (QED) is 0.705. The lowest BCUT2D eigenvalue weighted by Crippen LogP contribution is -2.32. The van der Waals surface area contributed by atoms with Gasteiger partial charge in [0.1, 0.15) is 5.75 Å². The third kappa shape index (κ3) is 5.24. The van der Waals surface area contributed by atoms with Crippen LogP contribution in [0.15, 0.2) is 48.5 Å². The van der Waals surface area contributed by atoms with Gasteiger partial charge in [0.2, 0.25) is 0 Å². The highest BCUT2D eigenvalue weighted by Crippen LogP contribution is 2.22. The van der Waals surface area contributed by atoms with E-state index < -0.39 is 0 Å². The molecule has 0 saturated heterocycles. The van der Waals surface area contributed by atoms with Crippen LogP contribution in [0.5, 0.6) is 5.75 Å². The molecule has 3 nitrogen and oxygen atoms in total. The van der Waals surface area contributed by atoms with Crippen LogP contribution in [0.3, 0.4) is 0 Å². The average Bonchev–Trinajstić information content (AvgIpc) is 2.53. The highest BCUT2D eigenvalue weighted by Gasteiger charge is 2.12. The van der Waals surface area contributed by atoms with Gasteiger partial charge in [-0.05, 0) is 62.7 Å². The number of rotatable bonds is 6. The maximum Gasteiger partial charge on any atom is 0.171 e. The molecule has 0 aliphatic heterocycles. The van der Waals surface area contributed by atoms with Gasteiger partial charge < -0.3 is 15.4 Å². The molecule has 2 aromatic carbocycles. The molecule has 0 bridgehead atoms. The Balaban J connectivity index is 2.03. The Bertz CT molecular complexity index is 685. The number of benzene rings is 2. The predicted molar refractivity (Wildman–Crippen MR) is 106 cm³/mol. The van der Waals surface area contributed by atoms with Gasteiger partial charge in [0, 0.05) is 11.8 Å². The molecule has 24 heavy (non-hydrogen) atoms. The van der Waals surface area contributed by atoms with Crippen molar-refractivity contribution in [2.75, 3.05) is 5.32 Å². The van der Waals surface area contributed by atoms with Gasteiger partial charge in [0.25, 0.3) is 0 Å². The zero-order chi connectivity index (χ0) is 17.5. The smallest absolute Gasteiger partial charge is 0.171 e. The van der Waals surface area contributed by atoms with E-state index in [1.54, 1.807) is 0 Å². The molecule has 1 atom stereocenters. The molecule has 0 aromatic heterocycles. The highest BCUT2D eigenvalue weighted by atomic mass is 32.1. The topological polar surface area (TPSA) is 33.3 Å². The van der Waals surface area contributed by atoms with Crippen molar-refractivity contribution in [1.82, 2.24) is 5.32 Å². The number of hydrogen-bond acceptors (Lipinski definition) is 2. The Labute approximate surface area is 150 Å². The van der Waals surface area contributed by atoms with E-state index in [0.717, 1.165) is 17.9 Å². The van der Waals surface area contributed by atoms with Crippen molar-refractivity contribution < 1.29 is 4.74 Å². The van der Waals surface area contributed by atoms with Gasteiger partial charge in [-0.2, -0.15) is 0 Å². The minimum Gasteiger partial charge on any atom is -0.491 e. The summed E-state index contributed by atoms with van der Waals surface area (Å²) in [5.74, 6) is 0.837. The minimum atomic E-state index is 0.149. The van der Waals surface area contributed by atoms with Crippen LogP contribution in [0.25, 0.3) is 0 Å². The predicted octanol–water partition coefficient (Wildman–Crippen LogP) is 5.22. The highest BCUT2D eigenvalue weighted by molar-refractivity contribution is 7.80. The number of anilines is 1. The molecule has 0 aliphatic rings. The summed E-state index contributed by atoms with van der Waals surface area (Å²) >= 11 is 5.49. The summed E-state index contributed by atoms with van der Waals surface area (Å²) in [4.78, 5) is 0.